The van der Waals surface area contributed by atoms with E-state index in [4.69, 9.17) is 4.42 Å². The van der Waals surface area contributed by atoms with Gasteiger partial charge in [-0.25, -0.2) is 4.39 Å². The van der Waals surface area contributed by atoms with Crippen molar-refractivity contribution in [1.29, 1.82) is 0 Å². The first-order valence-corrected chi connectivity index (χ1v) is 9.93. The van der Waals surface area contributed by atoms with Gasteiger partial charge in [0.25, 0.3) is 5.91 Å². The Morgan fingerprint density at radius 1 is 0.966 bits per heavy atom. The molecule has 0 unspecified atom stereocenters. The van der Waals surface area contributed by atoms with Crippen LogP contribution in [0.4, 0.5) is 4.39 Å². The molecule has 1 atom stereocenters. The molecule has 3 aromatic rings. The first-order valence-electron chi connectivity index (χ1n) is 9.93. The minimum absolute atomic E-state index is 0.101. The summed E-state index contributed by atoms with van der Waals surface area (Å²) in [5, 5.41) is 2.92. The molecule has 0 aliphatic carbocycles. The van der Waals surface area contributed by atoms with E-state index in [1.54, 1.807) is 18.2 Å². The molecule has 0 spiro atoms. The molecular weight excluding hydrogens is 367 g/mol. The fourth-order valence-corrected chi connectivity index (χ4v) is 3.06. The second-order valence-electron chi connectivity index (χ2n) is 7.31. The van der Waals surface area contributed by atoms with Gasteiger partial charge in [0, 0.05) is 19.1 Å². The van der Waals surface area contributed by atoms with Crippen LogP contribution in [-0.4, -0.2) is 16.8 Å². The zero-order valence-corrected chi connectivity index (χ0v) is 16.9. The van der Waals surface area contributed by atoms with Crippen LogP contribution in [0.15, 0.2) is 71.1 Å². The number of benzene rings is 2. The summed E-state index contributed by atoms with van der Waals surface area (Å²) in [6.07, 6.45) is 0.863. The maximum atomic E-state index is 13.2. The van der Waals surface area contributed by atoms with Crippen molar-refractivity contribution in [2.24, 2.45) is 0 Å². The molecule has 152 valence electrons. The van der Waals surface area contributed by atoms with Crippen LogP contribution in [0, 0.1) is 5.82 Å². The Morgan fingerprint density at radius 2 is 1.62 bits per heavy atom. The molecule has 0 radical (unpaired) electrons. The molecule has 0 aliphatic heterocycles. The smallest absolute Gasteiger partial charge is 0.287 e. The van der Waals surface area contributed by atoms with Crippen LogP contribution in [0.2, 0.25) is 0 Å². The minimum Gasteiger partial charge on any atom is -0.455 e. The van der Waals surface area contributed by atoms with Crippen molar-refractivity contribution in [1.82, 2.24) is 10.2 Å². The Kier molecular flexibility index (Phi) is 7.19. The van der Waals surface area contributed by atoms with Gasteiger partial charge < -0.3 is 9.73 Å². The second kappa shape index (κ2) is 10.0. The van der Waals surface area contributed by atoms with Crippen molar-refractivity contribution in [3.63, 3.8) is 0 Å². The third-order valence-corrected chi connectivity index (χ3v) is 4.82. The van der Waals surface area contributed by atoms with E-state index in [0.717, 1.165) is 17.7 Å². The number of carbonyl (C=O) groups excluding carboxylic acids is 1. The van der Waals surface area contributed by atoms with E-state index in [9.17, 15) is 9.18 Å². The van der Waals surface area contributed by atoms with Gasteiger partial charge in [-0.3, -0.25) is 9.69 Å². The van der Waals surface area contributed by atoms with E-state index >= 15 is 0 Å². The fourth-order valence-electron chi connectivity index (χ4n) is 3.06. The minimum atomic E-state index is -0.244. The molecule has 4 nitrogen and oxygen atoms in total. The summed E-state index contributed by atoms with van der Waals surface area (Å²) in [6, 6.07) is 20.3. The summed E-state index contributed by atoms with van der Waals surface area (Å²) < 4.78 is 19.0. The molecule has 0 saturated carbocycles. The largest absolute Gasteiger partial charge is 0.455 e. The highest BCUT2D eigenvalue weighted by Gasteiger charge is 2.15. The van der Waals surface area contributed by atoms with Crippen molar-refractivity contribution in [3.05, 3.63) is 95.2 Å². The van der Waals surface area contributed by atoms with Crippen molar-refractivity contribution in [2.75, 3.05) is 0 Å². The number of nitrogens with one attached hydrogen (secondary N) is 1. The molecule has 1 N–H and O–H groups in total. The number of carbonyl (C=O) groups is 1. The SMILES string of the molecule is CC[C@H](C)NC(=O)c1ccc(CN(Cc2ccccc2)Cc2ccc(F)cc2)o1. The van der Waals surface area contributed by atoms with E-state index < -0.39 is 0 Å². The van der Waals surface area contributed by atoms with Crippen LogP contribution in [0.25, 0.3) is 0 Å². The van der Waals surface area contributed by atoms with Gasteiger partial charge in [0.2, 0.25) is 0 Å². The molecule has 0 saturated heterocycles. The van der Waals surface area contributed by atoms with Crippen molar-refractivity contribution in [3.8, 4) is 0 Å². The van der Waals surface area contributed by atoms with Crippen molar-refractivity contribution >= 4 is 5.91 Å². The summed E-state index contributed by atoms with van der Waals surface area (Å²) in [5.41, 5.74) is 2.19. The van der Waals surface area contributed by atoms with Gasteiger partial charge in [0.05, 0.1) is 6.54 Å². The Hall–Kier alpha value is -2.92. The molecular formula is C24H27FN2O2. The highest BCUT2D eigenvalue weighted by molar-refractivity contribution is 5.91. The van der Waals surface area contributed by atoms with Crippen LogP contribution >= 0.6 is 0 Å². The van der Waals surface area contributed by atoms with Crippen molar-refractivity contribution < 1.29 is 13.6 Å². The first-order chi connectivity index (χ1) is 14.0. The lowest BCUT2D eigenvalue weighted by atomic mass is 10.1. The Balaban J connectivity index is 1.72. The van der Waals surface area contributed by atoms with Crippen LogP contribution in [0.5, 0.6) is 0 Å². The molecule has 1 aromatic heterocycles. The predicted octanol–water partition coefficient (Wildman–Crippen LogP) is 5.15. The highest BCUT2D eigenvalue weighted by Crippen LogP contribution is 2.17. The van der Waals surface area contributed by atoms with Gasteiger partial charge in [-0.15, -0.1) is 0 Å². The molecule has 1 amide bonds. The fraction of sp³-hybridized carbons (Fsp3) is 0.292. The average Bonchev–Trinajstić information content (AvgIpc) is 3.19. The number of hydrogen-bond donors (Lipinski definition) is 1. The van der Waals surface area contributed by atoms with Crippen molar-refractivity contribution in [2.45, 2.75) is 45.9 Å². The molecule has 0 bridgehead atoms. The van der Waals surface area contributed by atoms with Gasteiger partial charge in [0.15, 0.2) is 5.76 Å². The molecule has 2 aromatic carbocycles. The van der Waals surface area contributed by atoms with Crippen LogP contribution in [0.1, 0.15) is 47.7 Å². The normalized spacial score (nSPS) is 12.1. The summed E-state index contributed by atoms with van der Waals surface area (Å²) in [4.78, 5) is 14.5. The zero-order valence-electron chi connectivity index (χ0n) is 16.9. The number of hydrogen-bond acceptors (Lipinski definition) is 3. The van der Waals surface area contributed by atoms with Gasteiger partial charge in [0.1, 0.15) is 11.6 Å². The average molecular weight is 394 g/mol. The third kappa shape index (κ3) is 6.29. The summed E-state index contributed by atoms with van der Waals surface area (Å²) in [6.45, 7) is 5.89. The molecule has 0 aliphatic rings. The van der Waals surface area contributed by atoms with E-state index in [0.29, 0.717) is 25.4 Å². The molecule has 3 rings (SSSR count). The maximum Gasteiger partial charge on any atom is 0.287 e. The van der Waals surface area contributed by atoms with Crippen LogP contribution < -0.4 is 5.32 Å². The maximum absolute atomic E-state index is 13.2. The van der Waals surface area contributed by atoms with Gasteiger partial charge in [-0.1, -0.05) is 49.4 Å². The third-order valence-electron chi connectivity index (χ3n) is 4.82. The quantitative estimate of drug-likeness (QED) is 0.546. The second-order valence-corrected chi connectivity index (χ2v) is 7.31. The van der Waals surface area contributed by atoms with Gasteiger partial charge >= 0.3 is 0 Å². The summed E-state index contributed by atoms with van der Waals surface area (Å²) in [7, 11) is 0. The highest BCUT2D eigenvalue weighted by atomic mass is 19.1. The zero-order chi connectivity index (χ0) is 20.6. The van der Waals surface area contributed by atoms with E-state index in [1.165, 1.54) is 17.7 Å². The van der Waals surface area contributed by atoms with Gasteiger partial charge in [-0.2, -0.15) is 0 Å². The summed E-state index contributed by atoms with van der Waals surface area (Å²) in [5.74, 6) is 0.601. The van der Waals surface area contributed by atoms with Crippen LogP contribution in [-0.2, 0) is 19.6 Å². The lowest BCUT2D eigenvalue weighted by molar-refractivity contribution is 0.0906. The Bertz CT molecular complexity index is 906. The van der Waals surface area contributed by atoms with E-state index in [2.05, 4.69) is 22.3 Å². The predicted molar refractivity (Wildman–Crippen MR) is 112 cm³/mol. The lowest BCUT2D eigenvalue weighted by Gasteiger charge is -2.21. The Morgan fingerprint density at radius 3 is 2.28 bits per heavy atom. The lowest BCUT2D eigenvalue weighted by Crippen LogP contribution is -2.31. The standard InChI is InChI=1S/C24H27FN2O2/c1-3-18(2)26-24(28)23-14-13-22(29-23)17-27(15-19-7-5-4-6-8-19)16-20-9-11-21(25)12-10-20/h4-14,18H,3,15-17H2,1-2H3,(H,26,28)/t18-/m0/s1. The monoisotopic (exact) mass is 394 g/mol. The first kappa shape index (κ1) is 20.8. The molecule has 5 heteroatoms. The topological polar surface area (TPSA) is 45.5 Å². The Labute approximate surface area is 171 Å². The number of furan rings is 1. The molecule has 1 heterocycles. The summed E-state index contributed by atoms with van der Waals surface area (Å²) >= 11 is 0. The number of nitrogens with zero attached hydrogens (tertiary/aromatic N) is 1. The van der Waals surface area contributed by atoms with Gasteiger partial charge in [-0.05, 0) is 48.7 Å². The van der Waals surface area contributed by atoms with E-state index in [1.807, 2.05) is 38.1 Å². The van der Waals surface area contributed by atoms with Crippen LogP contribution in [0.3, 0.4) is 0 Å². The number of halogens is 1. The number of rotatable bonds is 9. The van der Waals surface area contributed by atoms with E-state index in [-0.39, 0.29) is 17.8 Å². The molecule has 0 fully saturated rings. The number of amides is 1. The molecule has 29 heavy (non-hydrogen) atoms.